The second-order valence-electron chi connectivity index (χ2n) is 6.24. The van der Waals surface area contributed by atoms with Gasteiger partial charge in [0.1, 0.15) is 17.0 Å². The summed E-state index contributed by atoms with van der Waals surface area (Å²) in [6, 6.07) is -1.48. The summed E-state index contributed by atoms with van der Waals surface area (Å²) >= 11 is 0. The number of aliphatic carboxylic acids is 1. The predicted octanol–water partition coefficient (Wildman–Crippen LogP) is 1.16. The molecule has 0 bridgehead atoms. The van der Waals surface area contributed by atoms with Crippen LogP contribution in [0.25, 0.3) is 0 Å². The molecule has 2 aliphatic heterocycles. The van der Waals surface area contributed by atoms with E-state index in [-0.39, 0.29) is 37.8 Å². The maximum atomic E-state index is 13.7. The molecular formula is C15H17F2N3O4. The molecule has 1 aromatic heterocycles. The monoisotopic (exact) mass is 341 g/mol. The average molecular weight is 341 g/mol. The van der Waals surface area contributed by atoms with E-state index in [0.717, 1.165) is 12.4 Å². The molecule has 3 heterocycles. The summed E-state index contributed by atoms with van der Waals surface area (Å²) < 4.78 is 32.7. The van der Waals surface area contributed by atoms with Crippen LogP contribution < -0.4 is 5.32 Å². The highest BCUT2D eigenvalue weighted by molar-refractivity contribution is 5.81. The average Bonchev–Trinajstić information content (AvgIpc) is 3.04. The van der Waals surface area contributed by atoms with Crippen LogP contribution in [-0.2, 0) is 9.53 Å². The van der Waals surface area contributed by atoms with E-state index in [2.05, 4.69) is 10.3 Å². The number of likely N-dealkylation sites (tertiary alicyclic amines) is 1. The first kappa shape index (κ1) is 16.6. The zero-order valence-electron chi connectivity index (χ0n) is 13.0. The summed E-state index contributed by atoms with van der Waals surface area (Å²) in [4.78, 5) is 28.7. The molecule has 2 amide bonds. The van der Waals surface area contributed by atoms with Crippen LogP contribution in [0.15, 0.2) is 12.4 Å². The van der Waals surface area contributed by atoms with Crippen LogP contribution in [0.5, 0.6) is 0 Å². The smallest absolute Gasteiger partial charge is 0.317 e. The molecule has 0 aromatic carbocycles. The number of carbonyl (C=O) groups is 2. The van der Waals surface area contributed by atoms with Crippen molar-refractivity contribution in [2.45, 2.75) is 13.0 Å². The number of carboxylic acid groups (broad SMARTS) is 1. The SMILES string of the molecule is CC(NC(=O)N1C[C@@H]2COC[C@]2(C(=O)O)C1)c1c(F)cncc1F. The van der Waals surface area contributed by atoms with E-state index in [0.29, 0.717) is 0 Å². The molecule has 3 rings (SSSR count). The second-order valence-corrected chi connectivity index (χ2v) is 6.24. The standard InChI is InChI=1S/C15H17F2N3O4/c1-8(12-10(16)2-18-3-11(12)17)19-14(23)20-4-9-5-24-7-15(9,6-20)13(21)22/h2-3,8-9H,4-7H2,1H3,(H,19,23)(H,21,22)/t8?,9-,15-/m1/s1. The van der Waals surface area contributed by atoms with Crippen molar-refractivity contribution in [1.29, 1.82) is 0 Å². The van der Waals surface area contributed by atoms with Gasteiger partial charge in [0, 0.05) is 24.6 Å². The highest BCUT2D eigenvalue weighted by Crippen LogP contribution is 2.41. The van der Waals surface area contributed by atoms with Crippen molar-refractivity contribution in [3.05, 3.63) is 29.6 Å². The summed E-state index contributed by atoms with van der Waals surface area (Å²) in [6.07, 6.45) is 1.75. The van der Waals surface area contributed by atoms with E-state index in [1.807, 2.05) is 0 Å². The Morgan fingerprint density at radius 2 is 2.12 bits per heavy atom. The number of hydrogen-bond acceptors (Lipinski definition) is 4. The van der Waals surface area contributed by atoms with E-state index in [4.69, 9.17) is 4.74 Å². The fourth-order valence-electron chi connectivity index (χ4n) is 3.38. The Balaban J connectivity index is 1.71. The van der Waals surface area contributed by atoms with Gasteiger partial charge in [-0.1, -0.05) is 0 Å². The minimum Gasteiger partial charge on any atom is -0.481 e. The number of halogens is 2. The molecule has 130 valence electrons. The summed E-state index contributed by atoms with van der Waals surface area (Å²) in [5.41, 5.74) is -1.39. The number of ether oxygens (including phenoxy) is 1. The lowest BCUT2D eigenvalue weighted by Crippen LogP contribution is -2.43. The Kier molecular flexibility index (Phi) is 4.12. The Hall–Kier alpha value is -2.29. The summed E-state index contributed by atoms with van der Waals surface area (Å²) in [5, 5.41) is 12.0. The second kappa shape index (κ2) is 5.97. The Morgan fingerprint density at radius 3 is 2.71 bits per heavy atom. The van der Waals surface area contributed by atoms with Gasteiger partial charge < -0.3 is 20.1 Å². The molecule has 0 radical (unpaired) electrons. The number of carboxylic acids is 1. The summed E-state index contributed by atoms with van der Waals surface area (Å²) in [7, 11) is 0. The molecule has 9 heteroatoms. The van der Waals surface area contributed by atoms with Gasteiger partial charge in [-0.15, -0.1) is 0 Å². The molecular weight excluding hydrogens is 324 g/mol. The maximum absolute atomic E-state index is 13.7. The number of amides is 2. The van der Waals surface area contributed by atoms with E-state index in [9.17, 15) is 23.5 Å². The van der Waals surface area contributed by atoms with Crippen molar-refractivity contribution in [3.63, 3.8) is 0 Å². The molecule has 7 nitrogen and oxygen atoms in total. The topological polar surface area (TPSA) is 91.8 Å². The van der Waals surface area contributed by atoms with Gasteiger partial charge in [-0.05, 0) is 6.92 Å². The molecule has 2 aliphatic rings. The van der Waals surface area contributed by atoms with Crippen molar-refractivity contribution in [3.8, 4) is 0 Å². The molecule has 2 fully saturated rings. The number of aromatic nitrogens is 1. The quantitative estimate of drug-likeness (QED) is 0.861. The number of rotatable bonds is 3. The van der Waals surface area contributed by atoms with Gasteiger partial charge in [0.05, 0.1) is 31.6 Å². The van der Waals surface area contributed by atoms with E-state index < -0.39 is 35.1 Å². The maximum Gasteiger partial charge on any atom is 0.317 e. The largest absolute Gasteiger partial charge is 0.481 e. The van der Waals surface area contributed by atoms with Crippen molar-refractivity contribution >= 4 is 12.0 Å². The third-order valence-corrected chi connectivity index (χ3v) is 4.75. The Labute approximate surface area is 136 Å². The Bertz CT molecular complexity index is 666. The number of nitrogens with one attached hydrogen (secondary N) is 1. The molecule has 3 atom stereocenters. The van der Waals surface area contributed by atoms with Gasteiger partial charge in [-0.3, -0.25) is 9.78 Å². The fourth-order valence-corrected chi connectivity index (χ4v) is 3.38. The number of carbonyl (C=O) groups excluding carboxylic acids is 1. The van der Waals surface area contributed by atoms with Crippen LogP contribution in [0.3, 0.4) is 0 Å². The van der Waals surface area contributed by atoms with Crippen LogP contribution in [0.2, 0.25) is 0 Å². The molecule has 0 spiro atoms. The lowest BCUT2D eigenvalue weighted by Gasteiger charge is -2.24. The van der Waals surface area contributed by atoms with Gasteiger partial charge in [-0.2, -0.15) is 0 Å². The molecule has 2 N–H and O–H groups in total. The third-order valence-electron chi connectivity index (χ3n) is 4.75. The van der Waals surface area contributed by atoms with Crippen molar-refractivity contribution in [2.24, 2.45) is 11.3 Å². The zero-order chi connectivity index (χ0) is 17.5. The van der Waals surface area contributed by atoms with Crippen molar-refractivity contribution < 1.29 is 28.2 Å². The van der Waals surface area contributed by atoms with E-state index in [1.165, 1.54) is 11.8 Å². The molecule has 2 saturated heterocycles. The van der Waals surface area contributed by atoms with Gasteiger partial charge >= 0.3 is 12.0 Å². The molecule has 1 aromatic rings. The Morgan fingerprint density at radius 1 is 1.46 bits per heavy atom. The van der Waals surface area contributed by atoms with Crippen LogP contribution in [0.1, 0.15) is 18.5 Å². The van der Waals surface area contributed by atoms with Gasteiger partial charge in [0.15, 0.2) is 0 Å². The number of hydrogen-bond donors (Lipinski definition) is 2. The lowest BCUT2D eigenvalue weighted by molar-refractivity contribution is -0.149. The summed E-state index contributed by atoms with van der Waals surface area (Å²) in [5.74, 6) is -2.99. The fraction of sp³-hybridized carbons (Fsp3) is 0.533. The first-order valence-electron chi connectivity index (χ1n) is 7.50. The number of nitrogens with zero attached hydrogens (tertiary/aromatic N) is 2. The first-order chi connectivity index (χ1) is 11.3. The molecule has 0 saturated carbocycles. The van der Waals surface area contributed by atoms with Crippen molar-refractivity contribution in [2.75, 3.05) is 26.3 Å². The lowest BCUT2D eigenvalue weighted by atomic mass is 9.81. The zero-order valence-corrected chi connectivity index (χ0v) is 13.0. The number of urea groups is 1. The third kappa shape index (κ3) is 2.58. The highest BCUT2D eigenvalue weighted by Gasteiger charge is 2.57. The minimum absolute atomic E-state index is 0.00681. The van der Waals surface area contributed by atoms with Gasteiger partial charge in [0.2, 0.25) is 0 Å². The first-order valence-corrected chi connectivity index (χ1v) is 7.50. The van der Waals surface area contributed by atoms with Crippen molar-refractivity contribution in [1.82, 2.24) is 15.2 Å². The number of fused-ring (bicyclic) bond motifs is 1. The van der Waals surface area contributed by atoms with Crippen LogP contribution in [0, 0.1) is 23.0 Å². The molecule has 0 aliphatic carbocycles. The van der Waals surface area contributed by atoms with Gasteiger partial charge in [0.25, 0.3) is 0 Å². The minimum atomic E-state index is -1.10. The summed E-state index contributed by atoms with van der Waals surface area (Å²) in [6.45, 7) is 2.02. The number of pyridine rings is 1. The van der Waals surface area contributed by atoms with Crippen LogP contribution in [0.4, 0.5) is 13.6 Å². The molecule has 1 unspecified atom stereocenters. The van der Waals surface area contributed by atoms with E-state index >= 15 is 0 Å². The predicted molar refractivity (Wildman–Crippen MR) is 77.1 cm³/mol. The van der Waals surface area contributed by atoms with Crippen LogP contribution >= 0.6 is 0 Å². The van der Waals surface area contributed by atoms with E-state index in [1.54, 1.807) is 0 Å². The normalized spacial score (nSPS) is 27.0. The van der Waals surface area contributed by atoms with Crippen LogP contribution in [-0.4, -0.2) is 53.3 Å². The highest BCUT2D eigenvalue weighted by atomic mass is 19.1. The molecule has 24 heavy (non-hydrogen) atoms. The van der Waals surface area contributed by atoms with Gasteiger partial charge in [-0.25, -0.2) is 13.6 Å².